The van der Waals surface area contributed by atoms with Crippen LogP contribution in [0.3, 0.4) is 0 Å². The van der Waals surface area contributed by atoms with E-state index < -0.39 is 11.6 Å². The molecule has 0 bridgehead atoms. The number of piperazine rings is 1. The first-order valence-corrected chi connectivity index (χ1v) is 18.4. The summed E-state index contributed by atoms with van der Waals surface area (Å²) in [4.78, 5) is 42.1. The van der Waals surface area contributed by atoms with Crippen LogP contribution in [0.2, 0.25) is 0 Å². The highest BCUT2D eigenvalue weighted by atomic mass is 16.6. The van der Waals surface area contributed by atoms with Crippen molar-refractivity contribution in [3.8, 4) is 0 Å². The first-order chi connectivity index (χ1) is 26.0. The van der Waals surface area contributed by atoms with Crippen molar-refractivity contribution in [2.24, 2.45) is 0 Å². The molecule has 1 saturated heterocycles. The fourth-order valence-corrected chi connectivity index (χ4v) is 6.82. The van der Waals surface area contributed by atoms with Crippen molar-refractivity contribution in [1.82, 2.24) is 24.8 Å². The number of esters is 2. The van der Waals surface area contributed by atoms with Gasteiger partial charge in [0.25, 0.3) is 0 Å². The Morgan fingerprint density at radius 1 is 0.852 bits per heavy atom. The van der Waals surface area contributed by atoms with Gasteiger partial charge in [0.05, 0.1) is 44.4 Å². The number of carbonyl (C=O) groups excluding carboxylic acids is 3. The lowest BCUT2D eigenvalue weighted by molar-refractivity contribution is -0.155. The molecule has 54 heavy (non-hydrogen) atoms. The average Bonchev–Trinajstić information content (AvgIpc) is 3.59. The van der Waals surface area contributed by atoms with Gasteiger partial charge in [0.15, 0.2) is 0 Å². The summed E-state index contributed by atoms with van der Waals surface area (Å²) >= 11 is 0. The van der Waals surface area contributed by atoms with Crippen LogP contribution in [0, 0.1) is 6.92 Å². The molecule has 4 aromatic carbocycles. The van der Waals surface area contributed by atoms with Gasteiger partial charge in [-0.3, -0.25) is 9.69 Å². The quantitative estimate of drug-likeness (QED) is 0.0751. The number of hydrogen-bond acceptors (Lipinski definition) is 10. The summed E-state index contributed by atoms with van der Waals surface area (Å²) in [5, 5.41) is 10.8. The lowest BCUT2D eigenvalue weighted by Gasteiger charge is -2.33. The number of hydrogen-bond donors (Lipinski definition) is 0. The normalized spacial score (nSPS) is 14.3. The first kappa shape index (κ1) is 38.4. The molecule has 0 N–H and O–H groups in total. The topological polar surface area (TPSA) is 125 Å². The van der Waals surface area contributed by atoms with Gasteiger partial charge in [-0.25, -0.2) is 14.3 Å². The van der Waals surface area contributed by atoms with Crippen LogP contribution < -0.4 is 0 Å². The molecule has 12 heteroatoms. The lowest BCUT2D eigenvalue weighted by atomic mass is 9.84. The predicted molar refractivity (Wildman–Crippen MR) is 205 cm³/mol. The van der Waals surface area contributed by atoms with E-state index in [9.17, 15) is 14.4 Å². The van der Waals surface area contributed by atoms with E-state index in [-0.39, 0.29) is 31.0 Å². The number of nitrogens with zero attached hydrogens (tertiary/aromatic N) is 5. The number of aryl methyl sites for hydroxylation is 1. The number of ether oxygens (including phenoxy) is 4. The van der Waals surface area contributed by atoms with E-state index in [1.807, 2.05) is 105 Å². The molecule has 1 atom stereocenters. The predicted octanol–water partition coefficient (Wildman–Crippen LogP) is 6.51. The molecule has 284 valence electrons. The third-order valence-corrected chi connectivity index (χ3v) is 9.67. The highest BCUT2D eigenvalue weighted by Gasteiger charge is 2.26. The largest absolute Gasteiger partial charge is 0.465 e. The Morgan fingerprint density at radius 3 is 2.33 bits per heavy atom. The maximum Gasteiger partial charge on any atom is 0.410 e. The molecule has 5 aromatic rings. The number of rotatable bonds is 13. The van der Waals surface area contributed by atoms with Crippen LogP contribution in [0.25, 0.3) is 21.8 Å². The summed E-state index contributed by atoms with van der Waals surface area (Å²) in [6.45, 7) is 13.0. The van der Waals surface area contributed by atoms with Crippen molar-refractivity contribution in [3.05, 3.63) is 107 Å². The summed E-state index contributed by atoms with van der Waals surface area (Å²) in [6.07, 6.45) is -0.152. The number of carbonyl (C=O) groups is 3. The summed E-state index contributed by atoms with van der Waals surface area (Å²) in [5.41, 5.74) is 5.24. The monoisotopic (exact) mass is 735 g/mol. The minimum absolute atomic E-state index is 0.126. The van der Waals surface area contributed by atoms with Crippen molar-refractivity contribution in [2.75, 3.05) is 53.0 Å². The number of benzene rings is 4. The van der Waals surface area contributed by atoms with E-state index in [0.717, 1.165) is 63.7 Å². The molecule has 1 aliphatic rings. The number of amides is 1. The molecule has 0 radical (unpaired) electrons. The van der Waals surface area contributed by atoms with Gasteiger partial charge in [0, 0.05) is 38.6 Å². The van der Waals surface area contributed by atoms with Gasteiger partial charge in [-0.15, -0.1) is 5.10 Å². The highest BCUT2D eigenvalue weighted by molar-refractivity contribution is 5.95. The van der Waals surface area contributed by atoms with E-state index >= 15 is 0 Å². The third kappa shape index (κ3) is 9.61. The lowest BCUT2D eigenvalue weighted by Crippen LogP contribution is -2.49. The highest BCUT2D eigenvalue weighted by Crippen LogP contribution is 2.35. The molecule has 0 aliphatic carbocycles. The SMILES string of the molecule is COC(=O)c1ccc2ccc(C(CC(=O)OC(C)(C)C)c3ccc4c(nnn4CCOCCN4CCN(C(=O)OCc5ccccc5)CC4)c3C)cc2c1. The summed E-state index contributed by atoms with van der Waals surface area (Å²) < 4.78 is 24.0. The number of fused-ring (bicyclic) bond motifs is 2. The van der Waals surface area contributed by atoms with Crippen molar-refractivity contribution < 1.29 is 33.3 Å². The van der Waals surface area contributed by atoms with Crippen LogP contribution in [0.15, 0.2) is 78.9 Å². The number of aromatic nitrogens is 3. The van der Waals surface area contributed by atoms with Gasteiger partial charge >= 0.3 is 18.0 Å². The second-order valence-corrected chi connectivity index (χ2v) is 14.6. The summed E-state index contributed by atoms with van der Waals surface area (Å²) in [5.74, 6) is -1.04. The van der Waals surface area contributed by atoms with Gasteiger partial charge < -0.3 is 23.8 Å². The van der Waals surface area contributed by atoms with Crippen LogP contribution in [0.5, 0.6) is 0 Å². The smallest absolute Gasteiger partial charge is 0.410 e. The van der Waals surface area contributed by atoms with E-state index in [1.54, 1.807) is 11.0 Å². The van der Waals surface area contributed by atoms with Crippen LogP contribution >= 0.6 is 0 Å². The van der Waals surface area contributed by atoms with Gasteiger partial charge in [0.2, 0.25) is 0 Å². The van der Waals surface area contributed by atoms with E-state index in [1.165, 1.54) is 7.11 Å². The van der Waals surface area contributed by atoms with Gasteiger partial charge in [-0.2, -0.15) is 0 Å². The van der Waals surface area contributed by atoms with Crippen molar-refractivity contribution in [1.29, 1.82) is 0 Å². The zero-order valence-electron chi connectivity index (χ0n) is 31.7. The van der Waals surface area contributed by atoms with E-state index in [0.29, 0.717) is 38.4 Å². The standard InChI is InChI=1S/C42H49N5O7/c1-29-35(36(27-38(48)54-42(2,3)4)32-13-11-31-12-14-33(40(49)51-5)26-34(31)25-32)15-16-37-39(29)43-44-47(37)22-24-52-23-21-45-17-19-46(20-18-45)41(50)53-28-30-9-7-6-8-10-30/h6-16,25-26,36H,17-24,27-28H2,1-5H3. The average molecular weight is 736 g/mol. The Balaban J connectivity index is 1.07. The van der Waals surface area contributed by atoms with Crippen LogP contribution in [0.1, 0.15) is 65.7 Å². The van der Waals surface area contributed by atoms with Crippen LogP contribution in [-0.2, 0) is 36.9 Å². The van der Waals surface area contributed by atoms with Crippen molar-refractivity contribution in [3.63, 3.8) is 0 Å². The van der Waals surface area contributed by atoms with Gasteiger partial charge in [-0.1, -0.05) is 65.9 Å². The van der Waals surface area contributed by atoms with E-state index in [4.69, 9.17) is 18.9 Å². The molecular formula is C42H49N5O7. The maximum absolute atomic E-state index is 13.3. The Morgan fingerprint density at radius 2 is 1.59 bits per heavy atom. The fourth-order valence-electron chi connectivity index (χ4n) is 6.82. The molecule has 0 saturated carbocycles. The van der Waals surface area contributed by atoms with E-state index in [2.05, 4.69) is 15.2 Å². The molecule has 1 amide bonds. The molecule has 1 aliphatic heterocycles. The Labute approximate surface area is 315 Å². The van der Waals surface area contributed by atoms with Gasteiger partial charge in [0.1, 0.15) is 17.7 Å². The molecule has 6 rings (SSSR count). The van der Waals surface area contributed by atoms with Crippen molar-refractivity contribution in [2.45, 2.75) is 58.8 Å². The Bertz CT molecular complexity index is 2080. The summed E-state index contributed by atoms with van der Waals surface area (Å²) in [7, 11) is 1.36. The molecule has 1 aromatic heterocycles. The zero-order valence-corrected chi connectivity index (χ0v) is 31.7. The number of methoxy groups -OCH3 is 1. The Hall–Kier alpha value is -5.33. The second kappa shape index (κ2) is 17.2. The zero-order chi connectivity index (χ0) is 38.2. The van der Waals surface area contributed by atoms with Crippen molar-refractivity contribution >= 4 is 39.8 Å². The molecule has 12 nitrogen and oxygen atoms in total. The summed E-state index contributed by atoms with van der Waals surface area (Å²) in [6, 6.07) is 25.2. The molecule has 2 heterocycles. The molecule has 1 unspecified atom stereocenters. The minimum Gasteiger partial charge on any atom is -0.465 e. The van der Waals surface area contributed by atoms with Crippen LogP contribution in [-0.4, -0.2) is 101 Å². The molecule has 1 fully saturated rings. The first-order valence-electron chi connectivity index (χ1n) is 18.4. The van der Waals surface area contributed by atoms with Gasteiger partial charge in [-0.05, 0) is 78.9 Å². The maximum atomic E-state index is 13.3. The second-order valence-electron chi connectivity index (χ2n) is 14.6. The Kier molecular flexibility index (Phi) is 12.2. The van der Waals surface area contributed by atoms with Crippen LogP contribution in [0.4, 0.5) is 4.79 Å². The fraction of sp³-hybridized carbons (Fsp3) is 0.405. The third-order valence-electron chi connectivity index (χ3n) is 9.67. The molecule has 0 spiro atoms. The minimum atomic E-state index is -0.627. The molecular weight excluding hydrogens is 686 g/mol.